The van der Waals surface area contributed by atoms with Crippen LogP contribution >= 0.6 is 0 Å². The molecule has 0 aromatic heterocycles. The Morgan fingerprint density at radius 3 is 2.22 bits per heavy atom. The summed E-state index contributed by atoms with van der Waals surface area (Å²) in [6.45, 7) is 4.81. The largest absolute Gasteiger partial charge is 0.342 e. The van der Waals surface area contributed by atoms with Crippen LogP contribution in [0.15, 0.2) is 0 Å². The van der Waals surface area contributed by atoms with Gasteiger partial charge in [0.05, 0.1) is 6.26 Å². The molecule has 0 atom stereocenters. The van der Waals surface area contributed by atoms with Crippen LogP contribution in [0, 0.1) is 5.41 Å². The highest BCUT2D eigenvalue weighted by Gasteiger charge is 2.47. The molecule has 1 fully saturated rings. The van der Waals surface area contributed by atoms with Crippen LogP contribution in [-0.2, 0) is 14.8 Å². The Kier molecular flexibility index (Phi) is 7.47. The number of guanidine groups is 1. The Morgan fingerprint density at radius 1 is 1.17 bits per heavy atom. The molecule has 1 aliphatic heterocycles. The van der Waals surface area contributed by atoms with Crippen molar-refractivity contribution in [3.05, 3.63) is 0 Å². The highest BCUT2D eigenvalue weighted by molar-refractivity contribution is 7.88. The zero-order valence-corrected chi connectivity index (χ0v) is 15.3. The quantitative estimate of drug-likeness (QED) is 0.492. The van der Waals surface area contributed by atoms with Gasteiger partial charge in [-0.05, 0) is 19.3 Å². The number of sulfonamides is 1. The van der Waals surface area contributed by atoms with Crippen molar-refractivity contribution in [2.75, 3.05) is 19.3 Å². The highest BCUT2D eigenvalue weighted by Crippen LogP contribution is 2.29. The van der Waals surface area contributed by atoms with Crippen LogP contribution in [0.4, 0.5) is 0 Å². The van der Waals surface area contributed by atoms with Crippen LogP contribution in [0.1, 0.15) is 58.8 Å². The van der Waals surface area contributed by atoms with Gasteiger partial charge in [0.1, 0.15) is 5.54 Å². The molecule has 0 saturated carbocycles. The summed E-state index contributed by atoms with van der Waals surface area (Å²) in [7, 11) is -3.22. The summed E-state index contributed by atoms with van der Waals surface area (Å²) in [6, 6.07) is 0. The van der Waals surface area contributed by atoms with E-state index in [1.54, 1.807) is 0 Å². The van der Waals surface area contributed by atoms with E-state index >= 15 is 0 Å². The molecule has 3 N–H and O–H groups in total. The van der Waals surface area contributed by atoms with E-state index < -0.39 is 15.6 Å². The second kappa shape index (κ2) is 8.63. The van der Waals surface area contributed by atoms with Gasteiger partial charge in [0.2, 0.25) is 10.0 Å². The number of rotatable bonds is 11. The molecule has 1 saturated heterocycles. The monoisotopic (exact) mass is 346 g/mol. The standard InChI is InChI=1S/C15H30N4O3S/c1-4-6-9-15(10-7-5-2)13(20)19(14(16)18-15)12-8-11-17-23(3,21)22/h17H,4-12H2,1-3H3,(H2,16,18). The maximum Gasteiger partial charge on any atom is 0.255 e. The van der Waals surface area contributed by atoms with Gasteiger partial charge in [0.25, 0.3) is 5.91 Å². The molecule has 0 bridgehead atoms. The number of carbonyl (C=O) groups is 1. The highest BCUT2D eigenvalue weighted by atomic mass is 32.2. The van der Waals surface area contributed by atoms with Crippen LogP contribution in [0.3, 0.4) is 0 Å². The van der Waals surface area contributed by atoms with Gasteiger partial charge in [-0.25, -0.2) is 13.1 Å². The number of unbranched alkanes of at least 4 members (excludes halogenated alkanes) is 2. The van der Waals surface area contributed by atoms with Crippen LogP contribution in [0.2, 0.25) is 0 Å². The van der Waals surface area contributed by atoms with E-state index in [1.807, 2.05) is 0 Å². The summed E-state index contributed by atoms with van der Waals surface area (Å²) in [6.07, 6.45) is 6.98. The second-order valence-electron chi connectivity index (χ2n) is 6.24. The third-order valence-corrected chi connectivity index (χ3v) is 4.85. The van der Waals surface area contributed by atoms with Gasteiger partial charge in [-0.15, -0.1) is 0 Å². The number of carbonyl (C=O) groups excluding carboxylic acids is 1. The van der Waals surface area contributed by atoms with Crippen LogP contribution in [-0.4, -0.2) is 50.1 Å². The van der Waals surface area contributed by atoms with Crippen molar-refractivity contribution in [2.24, 2.45) is 0 Å². The molecule has 1 heterocycles. The first-order valence-electron chi connectivity index (χ1n) is 8.39. The summed E-state index contributed by atoms with van der Waals surface area (Å²) < 4.78 is 24.5. The number of nitrogens with one attached hydrogen (secondary N) is 3. The number of hydrogen-bond donors (Lipinski definition) is 3. The van der Waals surface area contributed by atoms with E-state index in [2.05, 4.69) is 23.9 Å². The first-order valence-corrected chi connectivity index (χ1v) is 10.3. The zero-order valence-electron chi connectivity index (χ0n) is 14.4. The fourth-order valence-electron chi connectivity index (χ4n) is 2.84. The molecule has 0 unspecified atom stereocenters. The molecule has 1 aliphatic rings. The van der Waals surface area contributed by atoms with Crippen molar-refractivity contribution in [3.63, 3.8) is 0 Å². The normalized spacial score (nSPS) is 17.6. The fourth-order valence-corrected chi connectivity index (χ4v) is 3.35. The maximum atomic E-state index is 12.8. The molecule has 1 rings (SSSR count). The summed E-state index contributed by atoms with van der Waals surface area (Å²) >= 11 is 0. The number of hydrogen-bond acceptors (Lipinski definition) is 4. The molecule has 1 amide bonds. The van der Waals surface area contributed by atoms with Crippen molar-refractivity contribution >= 4 is 21.9 Å². The number of amides is 1. The lowest BCUT2D eigenvalue weighted by molar-refractivity contribution is -0.131. The predicted octanol–water partition coefficient (Wildman–Crippen LogP) is 1.41. The number of nitrogens with zero attached hydrogens (tertiary/aromatic N) is 1. The van der Waals surface area contributed by atoms with E-state index in [-0.39, 0.29) is 18.4 Å². The lowest BCUT2D eigenvalue weighted by Gasteiger charge is -2.27. The zero-order chi connectivity index (χ0) is 17.5. The minimum absolute atomic E-state index is 0.0382. The SMILES string of the molecule is CCCCC1(CCCC)NC(=N)N(CCCNS(C)(=O)=O)C1=O. The van der Waals surface area contributed by atoms with Gasteiger partial charge >= 0.3 is 0 Å². The predicted molar refractivity (Wildman–Crippen MR) is 91.8 cm³/mol. The molecule has 134 valence electrons. The van der Waals surface area contributed by atoms with Crippen LogP contribution in [0.25, 0.3) is 0 Å². The molecule has 8 heteroatoms. The Labute approximate surface area is 139 Å². The van der Waals surface area contributed by atoms with Gasteiger partial charge in [0, 0.05) is 13.1 Å². The van der Waals surface area contributed by atoms with Crippen molar-refractivity contribution < 1.29 is 13.2 Å². The van der Waals surface area contributed by atoms with Crippen LogP contribution in [0.5, 0.6) is 0 Å². The Balaban J connectivity index is 2.67. The van der Waals surface area contributed by atoms with Crippen molar-refractivity contribution in [1.82, 2.24) is 14.9 Å². The average Bonchev–Trinajstić information content (AvgIpc) is 2.70. The van der Waals surface area contributed by atoms with Gasteiger partial charge in [-0.2, -0.15) is 0 Å². The molecule has 0 aromatic carbocycles. The van der Waals surface area contributed by atoms with Gasteiger partial charge in [-0.1, -0.05) is 39.5 Å². The Morgan fingerprint density at radius 2 is 1.74 bits per heavy atom. The van der Waals surface area contributed by atoms with E-state index in [4.69, 9.17) is 5.41 Å². The average molecular weight is 346 g/mol. The molecule has 0 aliphatic carbocycles. The Hall–Kier alpha value is -1.15. The minimum Gasteiger partial charge on any atom is -0.342 e. The van der Waals surface area contributed by atoms with Gasteiger partial charge < -0.3 is 5.32 Å². The molecule has 0 aromatic rings. The summed E-state index contributed by atoms with van der Waals surface area (Å²) in [5.41, 5.74) is -0.645. The molecule has 0 spiro atoms. The van der Waals surface area contributed by atoms with Crippen molar-refractivity contribution in [2.45, 2.75) is 64.3 Å². The lowest BCUT2D eigenvalue weighted by Crippen LogP contribution is -2.47. The summed E-state index contributed by atoms with van der Waals surface area (Å²) in [5.74, 6) is 0.102. The third-order valence-electron chi connectivity index (χ3n) is 4.12. The second-order valence-corrected chi connectivity index (χ2v) is 8.07. The molecular formula is C15H30N4O3S. The smallest absolute Gasteiger partial charge is 0.255 e. The lowest BCUT2D eigenvalue weighted by atomic mass is 9.87. The van der Waals surface area contributed by atoms with Gasteiger partial charge in [0.15, 0.2) is 5.96 Å². The molecule has 0 radical (unpaired) electrons. The first-order chi connectivity index (χ1) is 10.8. The first kappa shape index (κ1) is 19.9. The van der Waals surface area contributed by atoms with E-state index in [0.717, 1.165) is 44.8 Å². The van der Waals surface area contributed by atoms with Crippen molar-refractivity contribution in [1.29, 1.82) is 5.41 Å². The maximum absolute atomic E-state index is 12.8. The van der Waals surface area contributed by atoms with Crippen molar-refractivity contribution in [3.8, 4) is 0 Å². The topological polar surface area (TPSA) is 102 Å². The minimum atomic E-state index is -3.22. The molecule has 23 heavy (non-hydrogen) atoms. The van der Waals surface area contributed by atoms with Crippen LogP contribution < -0.4 is 10.0 Å². The summed E-state index contributed by atoms with van der Waals surface area (Å²) in [4.78, 5) is 14.3. The molecule has 7 nitrogen and oxygen atoms in total. The van der Waals surface area contributed by atoms with E-state index in [1.165, 1.54) is 4.90 Å². The van der Waals surface area contributed by atoms with Gasteiger partial charge in [-0.3, -0.25) is 15.1 Å². The fraction of sp³-hybridized carbons (Fsp3) is 0.867. The third kappa shape index (κ3) is 5.76. The Bertz CT molecular complexity index is 511. The molecular weight excluding hydrogens is 316 g/mol. The van der Waals surface area contributed by atoms with E-state index in [9.17, 15) is 13.2 Å². The summed E-state index contributed by atoms with van der Waals surface area (Å²) in [5, 5.41) is 11.2. The van der Waals surface area contributed by atoms with E-state index in [0.29, 0.717) is 13.0 Å².